The minimum atomic E-state index is -0.591. The SMILES string of the molecule is COC(=O)COc1ccc(Br)cc1/C=C(/C#N)C(=O)Nc1cccc(Cl)c1C. The molecule has 0 saturated heterocycles. The van der Waals surface area contributed by atoms with E-state index in [1.165, 1.54) is 13.2 Å². The molecule has 6 nitrogen and oxygen atoms in total. The summed E-state index contributed by atoms with van der Waals surface area (Å²) in [7, 11) is 1.25. The van der Waals surface area contributed by atoms with Crippen LogP contribution in [0.3, 0.4) is 0 Å². The molecule has 2 aromatic carbocycles. The summed E-state index contributed by atoms with van der Waals surface area (Å²) in [6, 6.07) is 12.0. The van der Waals surface area contributed by atoms with Crippen LogP contribution in [0.2, 0.25) is 5.02 Å². The Morgan fingerprint density at radius 3 is 2.75 bits per heavy atom. The fourth-order valence-corrected chi connectivity index (χ4v) is 2.75. The van der Waals surface area contributed by atoms with Gasteiger partial charge in [0.15, 0.2) is 6.61 Å². The highest BCUT2D eigenvalue weighted by Gasteiger charge is 2.14. The van der Waals surface area contributed by atoms with E-state index < -0.39 is 11.9 Å². The lowest BCUT2D eigenvalue weighted by molar-refractivity contribution is -0.142. The van der Waals surface area contributed by atoms with E-state index in [9.17, 15) is 14.9 Å². The summed E-state index contributed by atoms with van der Waals surface area (Å²) in [6.07, 6.45) is 1.38. The smallest absolute Gasteiger partial charge is 0.343 e. The van der Waals surface area contributed by atoms with Crippen molar-refractivity contribution >= 4 is 51.2 Å². The van der Waals surface area contributed by atoms with Crippen LogP contribution >= 0.6 is 27.5 Å². The average molecular weight is 464 g/mol. The lowest BCUT2D eigenvalue weighted by atomic mass is 10.1. The van der Waals surface area contributed by atoms with Gasteiger partial charge in [0, 0.05) is 20.7 Å². The second-order valence-corrected chi connectivity index (χ2v) is 6.91. The molecule has 1 amide bonds. The molecule has 0 radical (unpaired) electrons. The fraction of sp³-hybridized carbons (Fsp3) is 0.150. The van der Waals surface area contributed by atoms with Gasteiger partial charge in [0.1, 0.15) is 17.4 Å². The zero-order valence-corrected chi connectivity index (χ0v) is 17.4. The molecule has 0 bridgehead atoms. The third kappa shape index (κ3) is 5.59. The molecule has 0 spiro atoms. The molecule has 2 rings (SSSR count). The normalized spacial score (nSPS) is 10.8. The van der Waals surface area contributed by atoms with Gasteiger partial charge >= 0.3 is 5.97 Å². The van der Waals surface area contributed by atoms with Crippen LogP contribution in [0.5, 0.6) is 5.75 Å². The van der Waals surface area contributed by atoms with Gasteiger partial charge in [0.2, 0.25) is 0 Å². The molecular weight excluding hydrogens is 448 g/mol. The highest BCUT2D eigenvalue weighted by Crippen LogP contribution is 2.27. The molecule has 0 aliphatic rings. The summed E-state index contributed by atoms with van der Waals surface area (Å²) in [5.74, 6) is -0.813. The molecule has 2 aromatic rings. The summed E-state index contributed by atoms with van der Waals surface area (Å²) >= 11 is 9.40. The van der Waals surface area contributed by atoms with E-state index in [1.807, 2.05) is 6.07 Å². The molecule has 0 fully saturated rings. The van der Waals surface area contributed by atoms with E-state index in [2.05, 4.69) is 26.0 Å². The third-order valence-electron chi connectivity index (χ3n) is 3.73. The summed E-state index contributed by atoms with van der Waals surface area (Å²) in [5, 5.41) is 12.6. The number of nitrogens with one attached hydrogen (secondary N) is 1. The Bertz CT molecular complexity index is 983. The number of esters is 1. The number of ether oxygens (including phenoxy) is 2. The van der Waals surface area contributed by atoms with Crippen LogP contribution in [0.25, 0.3) is 6.08 Å². The van der Waals surface area contributed by atoms with Crippen molar-refractivity contribution in [1.82, 2.24) is 0 Å². The second kappa shape index (κ2) is 9.93. The zero-order chi connectivity index (χ0) is 20.7. The molecule has 0 aliphatic heterocycles. The highest BCUT2D eigenvalue weighted by atomic mass is 79.9. The quantitative estimate of drug-likeness (QED) is 0.387. The van der Waals surface area contributed by atoms with Crippen molar-refractivity contribution in [3.8, 4) is 11.8 Å². The van der Waals surface area contributed by atoms with Gasteiger partial charge in [-0.2, -0.15) is 5.26 Å². The molecule has 8 heteroatoms. The number of hydrogen-bond donors (Lipinski definition) is 1. The minimum absolute atomic E-state index is 0.139. The number of carbonyl (C=O) groups excluding carboxylic acids is 2. The Labute approximate surface area is 175 Å². The van der Waals surface area contributed by atoms with Crippen LogP contribution in [0, 0.1) is 18.3 Å². The van der Waals surface area contributed by atoms with E-state index in [-0.39, 0.29) is 12.2 Å². The van der Waals surface area contributed by atoms with Crippen molar-refractivity contribution in [2.75, 3.05) is 19.0 Å². The van der Waals surface area contributed by atoms with E-state index in [1.54, 1.807) is 43.3 Å². The Kier molecular flexibility index (Phi) is 7.61. The molecule has 1 N–H and O–H groups in total. The van der Waals surface area contributed by atoms with Crippen molar-refractivity contribution in [2.45, 2.75) is 6.92 Å². The number of methoxy groups -OCH3 is 1. The summed E-state index contributed by atoms with van der Waals surface area (Å²) in [5.41, 5.74) is 1.52. The molecule has 0 aromatic heterocycles. The predicted molar refractivity (Wildman–Crippen MR) is 110 cm³/mol. The van der Waals surface area contributed by atoms with Gasteiger partial charge in [-0.25, -0.2) is 4.79 Å². The van der Waals surface area contributed by atoms with Crippen LogP contribution in [0.4, 0.5) is 5.69 Å². The number of hydrogen-bond acceptors (Lipinski definition) is 5. The number of carbonyl (C=O) groups is 2. The van der Waals surface area contributed by atoms with Gasteiger partial charge < -0.3 is 14.8 Å². The lowest BCUT2D eigenvalue weighted by Gasteiger charge is -2.11. The van der Waals surface area contributed by atoms with Gasteiger partial charge in [0.25, 0.3) is 5.91 Å². The van der Waals surface area contributed by atoms with Crippen molar-refractivity contribution in [3.05, 3.63) is 62.6 Å². The highest BCUT2D eigenvalue weighted by molar-refractivity contribution is 9.10. The van der Waals surface area contributed by atoms with Gasteiger partial charge in [-0.1, -0.05) is 33.6 Å². The van der Waals surface area contributed by atoms with E-state index in [4.69, 9.17) is 16.3 Å². The summed E-state index contributed by atoms with van der Waals surface area (Å²) in [4.78, 5) is 23.9. The van der Waals surface area contributed by atoms with Crippen LogP contribution < -0.4 is 10.1 Å². The van der Waals surface area contributed by atoms with Gasteiger partial charge in [-0.05, 0) is 48.9 Å². The maximum Gasteiger partial charge on any atom is 0.343 e. The zero-order valence-electron chi connectivity index (χ0n) is 15.1. The summed E-state index contributed by atoms with van der Waals surface area (Å²) < 4.78 is 10.7. The Morgan fingerprint density at radius 1 is 1.32 bits per heavy atom. The van der Waals surface area contributed by atoms with Crippen LogP contribution in [0.1, 0.15) is 11.1 Å². The first-order valence-electron chi connectivity index (χ1n) is 8.03. The van der Waals surface area contributed by atoms with E-state index in [0.717, 1.165) is 0 Å². The van der Waals surface area contributed by atoms with Crippen LogP contribution in [0.15, 0.2) is 46.4 Å². The molecule has 0 unspecified atom stereocenters. The molecule has 0 saturated carbocycles. The average Bonchev–Trinajstić information content (AvgIpc) is 2.68. The first kappa shape index (κ1) is 21.5. The Balaban J connectivity index is 2.31. The number of nitriles is 1. The number of nitrogens with zero attached hydrogens (tertiary/aromatic N) is 1. The molecular formula is C20H16BrClN2O4. The number of benzene rings is 2. The summed E-state index contributed by atoms with van der Waals surface area (Å²) in [6.45, 7) is 1.47. The molecule has 0 aliphatic carbocycles. The maximum absolute atomic E-state index is 12.5. The first-order valence-corrected chi connectivity index (χ1v) is 9.20. The third-order valence-corrected chi connectivity index (χ3v) is 4.63. The van der Waals surface area contributed by atoms with Gasteiger partial charge in [0.05, 0.1) is 7.11 Å². The van der Waals surface area contributed by atoms with Crippen molar-refractivity contribution < 1.29 is 19.1 Å². The molecule has 144 valence electrons. The van der Waals surface area contributed by atoms with Crippen LogP contribution in [-0.4, -0.2) is 25.6 Å². The van der Waals surface area contributed by atoms with Gasteiger partial charge in [-0.15, -0.1) is 0 Å². The molecule has 0 atom stereocenters. The van der Waals surface area contributed by atoms with E-state index in [0.29, 0.717) is 32.1 Å². The van der Waals surface area contributed by atoms with Gasteiger partial charge in [-0.3, -0.25) is 4.79 Å². The number of rotatable bonds is 6. The first-order chi connectivity index (χ1) is 13.3. The number of anilines is 1. The topological polar surface area (TPSA) is 88.4 Å². The Hall–Kier alpha value is -2.82. The monoisotopic (exact) mass is 462 g/mol. The number of amides is 1. The standard InChI is InChI=1S/C20H16BrClN2O4/c1-12-16(22)4-3-5-17(12)24-20(26)14(10-23)8-13-9-15(21)6-7-18(13)28-11-19(25)27-2/h3-9H,11H2,1-2H3,(H,24,26)/b14-8-. The van der Waals surface area contributed by atoms with Crippen molar-refractivity contribution in [3.63, 3.8) is 0 Å². The Morgan fingerprint density at radius 2 is 2.07 bits per heavy atom. The number of halogens is 2. The van der Waals surface area contributed by atoms with E-state index >= 15 is 0 Å². The second-order valence-electron chi connectivity index (χ2n) is 5.58. The largest absolute Gasteiger partial charge is 0.481 e. The van der Waals surface area contributed by atoms with Crippen molar-refractivity contribution in [1.29, 1.82) is 5.26 Å². The van der Waals surface area contributed by atoms with Crippen LogP contribution in [-0.2, 0) is 14.3 Å². The minimum Gasteiger partial charge on any atom is -0.481 e. The lowest BCUT2D eigenvalue weighted by Crippen LogP contribution is -2.15. The fourth-order valence-electron chi connectivity index (χ4n) is 2.20. The molecule has 0 heterocycles. The van der Waals surface area contributed by atoms with Crippen molar-refractivity contribution in [2.24, 2.45) is 0 Å². The maximum atomic E-state index is 12.5. The predicted octanol–water partition coefficient (Wildman–Crippen LogP) is 4.51. The molecule has 28 heavy (non-hydrogen) atoms.